The molecule has 28 heavy (non-hydrogen) atoms. The highest BCUT2D eigenvalue weighted by molar-refractivity contribution is 6.04. The lowest BCUT2D eigenvalue weighted by molar-refractivity contribution is -0.143. The second-order valence-corrected chi connectivity index (χ2v) is 5.77. The van der Waals surface area contributed by atoms with Gasteiger partial charge in [-0.3, -0.25) is 4.79 Å². The van der Waals surface area contributed by atoms with Gasteiger partial charge in [-0.05, 0) is 42.5 Å². The second-order valence-electron chi connectivity index (χ2n) is 5.77. The van der Waals surface area contributed by atoms with Crippen LogP contribution < -0.4 is 5.32 Å². The number of carbonyl (C=O) groups is 1. The van der Waals surface area contributed by atoms with Gasteiger partial charge < -0.3 is 9.88 Å². The third-order valence-corrected chi connectivity index (χ3v) is 3.78. The number of nitrogens with zero attached hydrogens (tertiary/aromatic N) is 2. The van der Waals surface area contributed by atoms with Crippen molar-refractivity contribution in [3.05, 3.63) is 77.9 Å². The predicted octanol–water partition coefficient (Wildman–Crippen LogP) is 5.16. The van der Waals surface area contributed by atoms with E-state index in [9.17, 15) is 31.1 Å². The monoisotopic (exact) mass is 399 g/mol. The molecule has 1 amide bonds. The number of amides is 1. The van der Waals surface area contributed by atoms with E-state index in [4.69, 9.17) is 0 Å². The molecule has 0 spiro atoms. The maximum Gasteiger partial charge on any atom is 0.416 e. The summed E-state index contributed by atoms with van der Waals surface area (Å²) in [4.78, 5) is 16.1. The van der Waals surface area contributed by atoms with Crippen LogP contribution in [0.2, 0.25) is 0 Å². The number of hydrogen-bond acceptors (Lipinski definition) is 2. The SMILES string of the molecule is O=C(Nc1ccc(-n2ccnc2)cc1)c1cc(C(F)(F)F)cc(C(F)(F)F)c1. The topological polar surface area (TPSA) is 46.9 Å². The van der Waals surface area contributed by atoms with Gasteiger partial charge in [0, 0.05) is 29.3 Å². The Morgan fingerprint density at radius 1 is 0.893 bits per heavy atom. The summed E-state index contributed by atoms with van der Waals surface area (Å²) in [6.45, 7) is 0. The molecule has 1 heterocycles. The Hall–Kier alpha value is -3.30. The highest BCUT2D eigenvalue weighted by Gasteiger charge is 2.37. The lowest BCUT2D eigenvalue weighted by atomic mass is 10.0. The number of rotatable bonds is 3. The van der Waals surface area contributed by atoms with Crippen LogP contribution in [0.5, 0.6) is 0 Å². The molecule has 1 aromatic heterocycles. The van der Waals surface area contributed by atoms with Crippen molar-refractivity contribution < 1.29 is 31.1 Å². The highest BCUT2D eigenvalue weighted by atomic mass is 19.4. The first kappa shape index (κ1) is 19.5. The molecule has 0 aliphatic rings. The molecule has 0 fully saturated rings. The first-order valence-electron chi connectivity index (χ1n) is 7.73. The molecule has 0 atom stereocenters. The molecule has 0 bridgehead atoms. The summed E-state index contributed by atoms with van der Waals surface area (Å²) in [5.41, 5.74) is -2.94. The van der Waals surface area contributed by atoms with Crippen molar-refractivity contribution in [3.63, 3.8) is 0 Å². The van der Waals surface area contributed by atoms with Gasteiger partial charge in [-0.15, -0.1) is 0 Å². The normalized spacial score (nSPS) is 12.1. The Morgan fingerprint density at radius 2 is 1.46 bits per heavy atom. The standard InChI is InChI=1S/C18H11F6N3O/c19-17(20,21)12-7-11(8-13(9-12)18(22,23)24)16(28)26-14-1-3-15(4-2-14)27-6-5-25-10-27/h1-10H,(H,26,28). The van der Waals surface area contributed by atoms with Gasteiger partial charge in [0.25, 0.3) is 5.91 Å². The summed E-state index contributed by atoms with van der Waals surface area (Å²) in [6, 6.07) is 6.86. The van der Waals surface area contributed by atoms with E-state index in [0.29, 0.717) is 17.8 Å². The van der Waals surface area contributed by atoms with E-state index >= 15 is 0 Å². The van der Waals surface area contributed by atoms with E-state index in [2.05, 4.69) is 10.3 Å². The van der Waals surface area contributed by atoms with E-state index in [1.165, 1.54) is 18.5 Å². The quantitative estimate of drug-likeness (QED) is 0.619. The summed E-state index contributed by atoms with van der Waals surface area (Å²) < 4.78 is 79.1. The highest BCUT2D eigenvalue weighted by Crippen LogP contribution is 2.36. The van der Waals surface area contributed by atoms with Gasteiger partial charge >= 0.3 is 12.4 Å². The maximum atomic E-state index is 12.9. The number of halogens is 6. The molecule has 4 nitrogen and oxygen atoms in total. The number of anilines is 1. The molecule has 0 aliphatic carbocycles. The fourth-order valence-electron chi connectivity index (χ4n) is 2.42. The van der Waals surface area contributed by atoms with Gasteiger partial charge in [-0.1, -0.05) is 0 Å². The Bertz CT molecular complexity index is 944. The third kappa shape index (κ3) is 4.33. The lowest BCUT2D eigenvalue weighted by Gasteiger charge is -2.14. The predicted molar refractivity (Wildman–Crippen MR) is 88.0 cm³/mol. The molecule has 2 aromatic carbocycles. The zero-order valence-electron chi connectivity index (χ0n) is 13.8. The van der Waals surface area contributed by atoms with E-state index in [1.807, 2.05) is 0 Å². The molecule has 1 N–H and O–H groups in total. The first-order chi connectivity index (χ1) is 13.0. The van der Waals surface area contributed by atoms with Gasteiger partial charge in [-0.2, -0.15) is 26.3 Å². The van der Waals surface area contributed by atoms with Crippen LogP contribution in [0.15, 0.2) is 61.2 Å². The van der Waals surface area contributed by atoms with E-state index in [0.717, 1.165) is 0 Å². The third-order valence-electron chi connectivity index (χ3n) is 3.78. The number of aromatic nitrogens is 2. The fraction of sp³-hybridized carbons (Fsp3) is 0.111. The molecule has 0 radical (unpaired) electrons. The average Bonchev–Trinajstić information content (AvgIpc) is 3.15. The van der Waals surface area contributed by atoms with Gasteiger partial charge in [0.2, 0.25) is 0 Å². The van der Waals surface area contributed by atoms with Crippen LogP contribution in [0.25, 0.3) is 5.69 Å². The van der Waals surface area contributed by atoms with Crippen molar-refractivity contribution in [2.24, 2.45) is 0 Å². The largest absolute Gasteiger partial charge is 0.416 e. The van der Waals surface area contributed by atoms with Crippen LogP contribution in [-0.4, -0.2) is 15.5 Å². The van der Waals surface area contributed by atoms with Crippen molar-refractivity contribution >= 4 is 11.6 Å². The minimum atomic E-state index is -5.03. The summed E-state index contributed by atoms with van der Waals surface area (Å²) in [5, 5.41) is 2.29. The van der Waals surface area contributed by atoms with Gasteiger partial charge in [-0.25, -0.2) is 4.98 Å². The van der Waals surface area contributed by atoms with Crippen LogP contribution in [-0.2, 0) is 12.4 Å². The number of hydrogen-bond donors (Lipinski definition) is 1. The Balaban J connectivity index is 1.87. The Morgan fingerprint density at radius 3 is 1.93 bits per heavy atom. The molecular formula is C18H11F6N3O. The molecular weight excluding hydrogens is 388 g/mol. The Labute approximate surface area is 154 Å². The van der Waals surface area contributed by atoms with Gasteiger partial charge in [0.05, 0.1) is 17.5 Å². The summed E-state index contributed by atoms with van der Waals surface area (Å²) in [6.07, 6.45) is -5.28. The molecule has 0 unspecified atom stereocenters. The summed E-state index contributed by atoms with van der Waals surface area (Å²) in [7, 11) is 0. The van der Waals surface area contributed by atoms with Crippen LogP contribution in [0.1, 0.15) is 21.5 Å². The van der Waals surface area contributed by atoms with Crippen LogP contribution in [0, 0.1) is 0 Å². The minimum absolute atomic E-state index is 0.0311. The van der Waals surface area contributed by atoms with Crippen molar-refractivity contribution in [2.75, 3.05) is 5.32 Å². The number of alkyl halides is 6. The van der Waals surface area contributed by atoms with Crippen molar-refractivity contribution in [2.45, 2.75) is 12.4 Å². The zero-order chi connectivity index (χ0) is 20.5. The van der Waals surface area contributed by atoms with Gasteiger partial charge in [0.15, 0.2) is 0 Å². The van der Waals surface area contributed by atoms with E-state index in [-0.39, 0.29) is 11.8 Å². The number of benzene rings is 2. The minimum Gasteiger partial charge on any atom is -0.322 e. The average molecular weight is 399 g/mol. The van der Waals surface area contributed by atoms with Crippen LogP contribution >= 0.6 is 0 Å². The smallest absolute Gasteiger partial charge is 0.322 e. The molecule has 3 aromatic rings. The molecule has 0 saturated heterocycles. The summed E-state index contributed by atoms with van der Waals surface area (Å²) >= 11 is 0. The van der Waals surface area contributed by atoms with E-state index in [1.54, 1.807) is 29.1 Å². The van der Waals surface area contributed by atoms with E-state index < -0.39 is 35.0 Å². The lowest BCUT2D eigenvalue weighted by Crippen LogP contribution is -2.17. The molecule has 0 saturated carbocycles. The second kappa shape index (κ2) is 7.02. The molecule has 10 heteroatoms. The molecule has 0 aliphatic heterocycles. The van der Waals surface area contributed by atoms with Gasteiger partial charge in [0.1, 0.15) is 0 Å². The molecule has 3 rings (SSSR count). The van der Waals surface area contributed by atoms with Crippen molar-refractivity contribution in [1.29, 1.82) is 0 Å². The number of carbonyl (C=O) groups excluding carboxylic acids is 1. The fourth-order valence-corrected chi connectivity index (χ4v) is 2.42. The Kier molecular flexibility index (Phi) is 4.88. The number of imidazole rings is 1. The summed E-state index contributed by atoms with van der Waals surface area (Å²) in [5.74, 6) is -1.09. The first-order valence-corrected chi connectivity index (χ1v) is 7.73. The van der Waals surface area contributed by atoms with Crippen LogP contribution in [0.3, 0.4) is 0 Å². The molecule has 146 valence electrons. The zero-order valence-corrected chi connectivity index (χ0v) is 13.8. The van der Waals surface area contributed by atoms with Crippen molar-refractivity contribution in [3.8, 4) is 5.69 Å². The maximum absolute atomic E-state index is 12.9. The number of nitrogens with one attached hydrogen (secondary N) is 1. The van der Waals surface area contributed by atoms with Crippen LogP contribution in [0.4, 0.5) is 32.0 Å². The van der Waals surface area contributed by atoms with Crippen molar-refractivity contribution in [1.82, 2.24) is 9.55 Å².